The van der Waals surface area contributed by atoms with Crippen LogP contribution in [0.5, 0.6) is 0 Å². The fourth-order valence-corrected chi connectivity index (χ4v) is 2.35. The Morgan fingerprint density at radius 2 is 1.88 bits per heavy atom. The van der Waals surface area contributed by atoms with Crippen molar-refractivity contribution in [2.45, 2.75) is 23.4 Å². The maximum Gasteiger partial charge on any atom is 0.192 e. The highest BCUT2D eigenvalue weighted by Gasteiger charge is 2.04. The van der Waals surface area contributed by atoms with E-state index in [9.17, 15) is 0 Å². The van der Waals surface area contributed by atoms with Crippen LogP contribution in [0, 0.1) is 6.92 Å². The lowest BCUT2D eigenvalue weighted by Crippen LogP contribution is -2.03. The third-order valence-corrected chi connectivity index (χ3v) is 3.36. The zero-order valence-electron chi connectivity index (χ0n) is 9.76. The minimum Gasteiger partial charge on any atom is -0.330 e. The average molecular weight is 245 g/mol. The Balaban J connectivity index is 2.20. The quantitative estimate of drug-likeness (QED) is 0.841. The second kappa shape index (κ2) is 5.80. The number of nitrogens with zero attached hydrogens (tertiary/aromatic N) is 2. The molecule has 0 radical (unpaired) electrons. The lowest BCUT2D eigenvalue weighted by atomic mass is 10.1. The Bertz CT molecular complexity index is 482. The lowest BCUT2D eigenvalue weighted by Gasteiger charge is -2.06. The number of hydrogen-bond acceptors (Lipinski definition) is 4. The summed E-state index contributed by atoms with van der Waals surface area (Å²) < 4.78 is 0. The molecular formula is C13H15N3S. The molecule has 1 heterocycles. The van der Waals surface area contributed by atoms with Crippen LogP contribution in [0.2, 0.25) is 0 Å². The van der Waals surface area contributed by atoms with E-state index in [1.54, 1.807) is 11.8 Å². The van der Waals surface area contributed by atoms with E-state index < -0.39 is 0 Å². The number of aryl methyl sites for hydroxylation is 1. The smallest absolute Gasteiger partial charge is 0.192 e. The molecule has 1 aromatic carbocycles. The van der Waals surface area contributed by atoms with Crippen LogP contribution in [-0.2, 0) is 6.42 Å². The first-order chi connectivity index (χ1) is 8.29. The minimum absolute atomic E-state index is 0.659. The van der Waals surface area contributed by atoms with Gasteiger partial charge in [0.2, 0.25) is 0 Å². The van der Waals surface area contributed by atoms with Crippen molar-refractivity contribution >= 4 is 11.8 Å². The van der Waals surface area contributed by atoms with Crippen LogP contribution in [0.1, 0.15) is 11.1 Å². The van der Waals surface area contributed by atoms with Crippen LogP contribution in [0.3, 0.4) is 0 Å². The van der Waals surface area contributed by atoms with Crippen LogP contribution in [0.4, 0.5) is 0 Å². The molecule has 0 saturated carbocycles. The van der Waals surface area contributed by atoms with Gasteiger partial charge in [0, 0.05) is 17.3 Å². The van der Waals surface area contributed by atoms with Crippen LogP contribution >= 0.6 is 11.8 Å². The highest BCUT2D eigenvalue weighted by atomic mass is 32.2. The fourth-order valence-electron chi connectivity index (χ4n) is 1.50. The SMILES string of the molecule is Cc1cnc(Sc2ccccc2CCN)nc1. The molecule has 0 aliphatic rings. The maximum atomic E-state index is 5.60. The lowest BCUT2D eigenvalue weighted by molar-refractivity contribution is 0.930. The van der Waals surface area contributed by atoms with Crippen molar-refractivity contribution in [3.63, 3.8) is 0 Å². The van der Waals surface area contributed by atoms with Crippen molar-refractivity contribution in [1.29, 1.82) is 0 Å². The number of aromatic nitrogens is 2. The van der Waals surface area contributed by atoms with E-state index in [1.165, 1.54) is 10.5 Å². The van der Waals surface area contributed by atoms with E-state index in [0.717, 1.165) is 17.1 Å². The molecule has 0 fully saturated rings. The van der Waals surface area contributed by atoms with Gasteiger partial charge in [-0.05, 0) is 48.8 Å². The third kappa shape index (κ3) is 3.28. The molecule has 0 amide bonds. The van der Waals surface area contributed by atoms with Crippen molar-refractivity contribution in [3.05, 3.63) is 47.8 Å². The molecule has 4 heteroatoms. The predicted molar refractivity (Wildman–Crippen MR) is 70.1 cm³/mol. The number of nitrogens with two attached hydrogens (primary N) is 1. The normalized spacial score (nSPS) is 10.5. The van der Waals surface area contributed by atoms with Gasteiger partial charge in [0.15, 0.2) is 5.16 Å². The van der Waals surface area contributed by atoms with Gasteiger partial charge >= 0.3 is 0 Å². The molecule has 2 aromatic rings. The molecule has 0 aliphatic heterocycles. The summed E-state index contributed by atoms with van der Waals surface area (Å²) in [4.78, 5) is 9.77. The van der Waals surface area contributed by atoms with Gasteiger partial charge in [0.05, 0.1) is 0 Å². The number of rotatable bonds is 4. The molecule has 0 unspecified atom stereocenters. The molecule has 0 saturated heterocycles. The van der Waals surface area contributed by atoms with Gasteiger partial charge in [-0.15, -0.1) is 0 Å². The van der Waals surface area contributed by atoms with Gasteiger partial charge in [-0.3, -0.25) is 0 Å². The van der Waals surface area contributed by atoms with Crippen LogP contribution in [0.25, 0.3) is 0 Å². The molecule has 88 valence electrons. The second-order valence-corrected chi connectivity index (χ2v) is 4.80. The Labute approximate surface area is 105 Å². The molecule has 0 spiro atoms. The first-order valence-corrected chi connectivity index (χ1v) is 6.35. The molecule has 1 aromatic heterocycles. The van der Waals surface area contributed by atoms with Crippen molar-refractivity contribution in [2.75, 3.05) is 6.54 Å². The van der Waals surface area contributed by atoms with E-state index in [1.807, 2.05) is 31.5 Å². The molecule has 2 N–H and O–H groups in total. The van der Waals surface area contributed by atoms with Crippen molar-refractivity contribution in [1.82, 2.24) is 9.97 Å². The zero-order chi connectivity index (χ0) is 12.1. The standard InChI is InChI=1S/C13H15N3S/c1-10-8-15-13(16-9-10)17-12-5-3-2-4-11(12)6-7-14/h2-5,8-9H,6-7,14H2,1H3. The summed E-state index contributed by atoms with van der Waals surface area (Å²) in [6.45, 7) is 2.64. The molecule has 3 nitrogen and oxygen atoms in total. The van der Waals surface area contributed by atoms with Gasteiger partial charge in [0.25, 0.3) is 0 Å². The summed E-state index contributed by atoms with van der Waals surface area (Å²) in [6, 6.07) is 8.24. The molecule has 2 rings (SSSR count). The van der Waals surface area contributed by atoms with E-state index in [4.69, 9.17) is 5.73 Å². The van der Waals surface area contributed by atoms with Crippen LogP contribution in [-0.4, -0.2) is 16.5 Å². The van der Waals surface area contributed by atoms with Crippen molar-refractivity contribution in [3.8, 4) is 0 Å². The summed E-state index contributed by atoms with van der Waals surface area (Å²) in [7, 11) is 0. The summed E-state index contributed by atoms with van der Waals surface area (Å²) in [5.41, 5.74) is 7.93. The topological polar surface area (TPSA) is 51.8 Å². The largest absolute Gasteiger partial charge is 0.330 e. The Hall–Kier alpha value is -1.39. The van der Waals surface area contributed by atoms with E-state index in [0.29, 0.717) is 6.54 Å². The summed E-state index contributed by atoms with van der Waals surface area (Å²) in [6.07, 6.45) is 4.55. The highest BCUT2D eigenvalue weighted by Crippen LogP contribution is 2.27. The van der Waals surface area contributed by atoms with Gasteiger partial charge in [-0.2, -0.15) is 0 Å². The Morgan fingerprint density at radius 3 is 2.59 bits per heavy atom. The first-order valence-electron chi connectivity index (χ1n) is 5.54. The van der Waals surface area contributed by atoms with Crippen molar-refractivity contribution < 1.29 is 0 Å². The minimum atomic E-state index is 0.659. The molecule has 0 aliphatic carbocycles. The molecular weight excluding hydrogens is 230 g/mol. The first kappa shape index (κ1) is 12.1. The summed E-state index contributed by atoms with van der Waals surface area (Å²) in [5, 5.41) is 0.778. The summed E-state index contributed by atoms with van der Waals surface area (Å²) >= 11 is 1.59. The van der Waals surface area contributed by atoms with E-state index >= 15 is 0 Å². The number of hydrogen-bond donors (Lipinski definition) is 1. The van der Waals surface area contributed by atoms with E-state index in [2.05, 4.69) is 22.1 Å². The Morgan fingerprint density at radius 1 is 1.18 bits per heavy atom. The maximum absolute atomic E-state index is 5.60. The van der Waals surface area contributed by atoms with Gasteiger partial charge in [-0.25, -0.2) is 9.97 Å². The highest BCUT2D eigenvalue weighted by molar-refractivity contribution is 7.99. The zero-order valence-corrected chi connectivity index (χ0v) is 10.6. The summed E-state index contributed by atoms with van der Waals surface area (Å²) in [5.74, 6) is 0. The second-order valence-electron chi connectivity index (χ2n) is 3.79. The van der Waals surface area contributed by atoms with Gasteiger partial charge in [-0.1, -0.05) is 18.2 Å². The number of benzene rings is 1. The predicted octanol–water partition coefficient (Wildman–Crippen LogP) is 2.44. The van der Waals surface area contributed by atoms with Crippen molar-refractivity contribution in [2.24, 2.45) is 5.73 Å². The third-order valence-electron chi connectivity index (χ3n) is 2.34. The monoisotopic (exact) mass is 245 g/mol. The average Bonchev–Trinajstić information content (AvgIpc) is 2.35. The van der Waals surface area contributed by atoms with Gasteiger partial charge < -0.3 is 5.73 Å². The van der Waals surface area contributed by atoms with E-state index in [-0.39, 0.29) is 0 Å². The Kier molecular flexibility index (Phi) is 4.12. The molecule has 0 atom stereocenters. The van der Waals surface area contributed by atoms with Crippen LogP contribution in [0.15, 0.2) is 46.7 Å². The van der Waals surface area contributed by atoms with Gasteiger partial charge in [0.1, 0.15) is 0 Å². The molecule has 0 bridgehead atoms. The van der Waals surface area contributed by atoms with Crippen LogP contribution < -0.4 is 5.73 Å². The fraction of sp³-hybridized carbons (Fsp3) is 0.231. The molecule has 17 heavy (non-hydrogen) atoms.